The van der Waals surface area contributed by atoms with Crippen molar-refractivity contribution in [3.8, 4) is 0 Å². The van der Waals surface area contributed by atoms with E-state index in [4.69, 9.17) is 4.74 Å². The molecule has 2 saturated carbocycles. The highest BCUT2D eigenvalue weighted by Gasteiger charge is 2.39. The maximum absolute atomic E-state index is 12.9. The van der Waals surface area contributed by atoms with Gasteiger partial charge in [-0.05, 0) is 31.1 Å². The van der Waals surface area contributed by atoms with Crippen LogP contribution in [0.4, 0.5) is 8.78 Å². The number of rotatable bonds is 4. The topological polar surface area (TPSA) is 9.23 Å². The fourth-order valence-electron chi connectivity index (χ4n) is 2.94. The minimum atomic E-state index is -2.42. The number of ether oxygens (including phenoxy) is 1. The predicted octanol–water partition coefficient (Wildman–Crippen LogP) is 4.02. The van der Waals surface area contributed by atoms with E-state index in [9.17, 15) is 8.78 Å². The van der Waals surface area contributed by atoms with Gasteiger partial charge in [-0.2, -0.15) is 0 Å². The second-order valence-corrected chi connectivity index (χ2v) is 5.51. The van der Waals surface area contributed by atoms with Crippen molar-refractivity contribution in [1.29, 1.82) is 0 Å². The molecule has 0 aromatic heterocycles. The van der Waals surface area contributed by atoms with Crippen LogP contribution < -0.4 is 0 Å². The molecular formula is C13H22F2O. The van der Waals surface area contributed by atoms with Crippen molar-refractivity contribution in [1.82, 2.24) is 0 Å². The van der Waals surface area contributed by atoms with Gasteiger partial charge in [0.25, 0.3) is 0 Å². The zero-order valence-corrected chi connectivity index (χ0v) is 9.89. The smallest absolute Gasteiger partial charge is 0.248 e. The summed E-state index contributed by atoms with van der Waals surface area (Å²) in [5, 5.41) is 0. The fourth-order valence-corrected chi connectivity index (χ4v) is 2.94. The minimum Gasteiger partial charge on any atom is -0.381 e. The summed E-state index contributed by atoms with van der Waals surface area (Å²) < 4.78 is 31.5. The Balaban J connectivity index is 1.58. The lowest BCUT2D eigenvalue weighted by atomic mass is 9.90. The Labute approximate surface area is 96.6 Å². The van der Waals surface area contributed by atoms with Crippen LogP contribution in [0.25, 0.3) is 0 Å². The molecule has 1 atom stereocenters. The van der Waals surface area contributed by atoms with Crippen LogP contribution in [0.15, 0.2) is 0 Å². The molecule has 3 heteroatoms. The summed E-state index contributed by atoms with van der Waals surface area (Å²) >= 11 is 0. The molecule has 2 aliphatic carbocycles. The van der Waals surface area contributed by atoms with E-state index in [1.165, 1.54) is 32.1 Å². The van der Waals surface area contributed by atoms with Crippen LogP contribution in [0.3, 0.4) is 0 Å². The Morgan fingerprint density at radius 3 is 2.25 bits per heavy atom. The minimum absolute atomic E-state index is 0.0394. The van der Waals surface area contributed by atoms with Gasteiger partial charge in [-0.15, -0.1) is 0 Å². The van der Waals surface area contributed by atoms with E-state index in [2.05, 4.69) is 0 Å². The number of hydrogen-bond donors (Lipinski definition) is 0. The molecule has 2 fully saturated rings. The fraction of sp³-hybridized carbons (Fsp3) is 1.00. The summed E-state index contributed by atoms with van der Waals surface area (Å²) in [5.74, 6) is -1.63. The van der Waals surface area contributed by atoms with Crippen molar-refractivity contribution in [3.05, 3.63) is 0 Å². The molecule has 1 unspecified atom stereocenters. The van der Waals surface area contributed by atoms with Gasteiger partial charge >= 0.3 is 0 Å². The van der Waals surface area contributed by atoms with Gasteiger partial charge in [-0.3, -0.25) is 0 Å². The summed E-state index contributed by atoms with van der Waals surface area (Å²) in [5.41, 5.74) is 0. The highest BCUT2D eigenvalue weighted by atomic mass is 19.3. The molecular weight excluding hydrogens is 210 g/mol. The van der Waals surface area contributed by atoms with E-state index < -0.39 is 5.92 Å². The Bertz CT molecular complexity index is 212. The molecule has 2 rings (SSSR count). The first-order valence-corrected chi connectivity index (χ1v) is 6.61. The third-order valence-corrected chi connectivity index (χ3v) is 3.94. The van der Waals surface area contributed by atoms with Crippen molar-refractivity contribution < 1.29 is 13.5 Å². The second kappa shape index (κ2) is 5.44. The first-order chi connectivity index (χ1) is 7.66. The molecule has 0 bridgehead atoms. The molecule has 1 nitrogen and oxygen atoms in total. The zero-order chi connectivity index (χ0) is 11.4. The van der Waals surface area contributed by atoms with E-state index >= 15 is 0 Å². The molecule has 0 aromatic carbocycles. The van der Waals surface area contributed by atoms with Crippen molar-refractivity contribution in [2.24, 2.45) is 11.8 Å². The molecule has 0 aromatic rings. The molecule has 0 N–H and O–H groups in total. The molecule has 0 heterocycles. The maximum Gasteiger partial charge on any atom is 0.248 e. The summed E-state index contributed by atoms with van der Waals surface area (Å²) in [6, 6.07) is 0. The summed E-state index contributed by atoms with van der Waals surface area (Å²) in [7, 11) is 0. The van der Waals surface area contributed by atoms with Gasteiger partial charge in [0, 0.05) is 26.1 Å². The van der Waals surface area contributed by atoms with E-state index in [1.54, 1.807) is 0 Å². The molecule has 0 amide bonds. The highest BCUT2D eigenvalue weighted by Crippen LogP contribution is 2.38. The van der Waals surface area contributed by atoms with Crippen LogP contribution >= 0.6 is 0 Å². The average molecular weight is 232 g/mol. The van der Waals surface area contributed by atoms with Gasteiger partial charge in [0.1, 0.15) is 0 Å². The molecule has 0 saturated heterocycles. The Kier molecular flexibility index (Phi) is 4.17. The van der Waals surface area contributed by atoms with Crippen molar-refractivity contribution in [2.75, 3.05) is 13.2 Å². The standard InChI is InChI=1S/C13H22F2O/c14-13(15)7-6-12(8-13)10-16-9-11-4-2-1-3-5-11/h11-12H,1-10H2. The maximum atomic E-state index is 12.9. The summed E-state index contributed by atoms with van der Waals surface area (Å²) in [6.07, 6.45) is 7.25. The van der Waals surface area contributed by atoms with Crippen LogP contribution in [-0.4, -0.2) is 19.1 Å². The molecule has 0 radical (unpaired) electrons. The second-order valence-electron chi connectivity index (χ2n) is 5.51. The van der Waals surface area contributed by atoms with Crippen LogP contribution in [0.5, 0.6) is 0 Å². The highest BCUT2D eigenvalue weighted by molar-refractivity contribution is 4.81. The van der Waals surface area contributed by atoms with Gasteiger partial charge in [0.15, 0.2) is 0 Å². The van der Waals surface area contributed by atoms with Gasteiger partial charge in [0.05, 0.1) is 0 Å². The number of halogens is 2. The van der Waals surface area contributed by atoms with Gasteiger partial charge in [-0.1, -0.05) is 19.3 Å². The van der Waals surface area contributed by atoms with E-state index in [0.717, 1.165) is 6.61 Å². The normalized spacial score (nSPS) is 30.8. The SMILES string of the molecule is FC1(F)CCC(COCC2CCCCC2)C1. The van der Waals surface area contributed by atoms with Crippen LogP contribution in [-0.2, 0) is 4.74 Å². The Hall–Kier alpha value is -0.180. The lowest BCUT2D eigenvalue weighted by Crippen LogP contribution is -2.17. The van der Waals surface area contributed by atoms with Gasteiger partial charge in [-0.25, -0.2) is 8.78 Å². The molecule has 2 aliphatic rings. The average Bonchev–Trinajstić information content (AvgIpc) is 2.60. The Morgan fingerprint density at radius 2 is 1.62 bits per heavy atom. The molecule has 0 spiro atoms. The van der Waals surface area contributed by atoms with Crippen molar-refractivity contribution >= 4 is 0 Å². The monoisotopic (exact) mass is 232 g/mol. The lowest BCUT2D eigenvalue weighted by Gasteiger charge is -2.22. The Morgan fingerprint density at radius 1 is 0.938 bits per heavy atom. The van der Waals surface area contributed by atoms with Gasteiger partial charge in [0.2, 0.25) is 5.92 Å². The van der Waals surface area contributed by atoms with E-state index in [-0.39, 0.29) is 18.8 Å². The van der Waals surface area contributed by atoms with Crippen LogP contribution in [0.2, 0.25) is 0 Å². The van der Waals surface area contributed by atoms with E-state index in [0.29, 0.717) is 18.9 Å². The van der Waals surface area contributed by atoms with Crippen molar-refractivity contribution in [3.63, 3.8) is 0 Å². The third-order valence-electron chi connectivity index (χ3n) is 3.94. The molecule has 0 aliphatic heterocycles. The number of hydrogen-bond acceptors (Lipinski definition) is 1. The third kappa shape index (κ3) is 3.69. The predicted molar refractivity (Wildman–Crippen MR) is 59.7 cm³/mol. The lowest BCUT2D eigenvalue weighted by molar-refractivity contribution is -0.00402. The summed E-state index contributed by atoms with van der Waals surface area (Å²) in [6.45, 7) is 1.34. The van der Waals surface area contributed by atoms with E-state index in [1.807, 2.05) is 0 Å². The van der Waals surface area contributed by atoms with Gasteiger partial charge < -0.3 is 4.74 Å². The zero-order valence-electron chi connectivity index (χ0n) is 9.89. The first-order valence-electron chi connectivity index (χ1n) is 6.61. The largest absolute Gasteiger partial charge is 0.381 e. The quantitative estimate of drug-likeness (QED) is 0.711. The first kappa shape index (κ1) is 12.3. The molecule has 16 heavy (non-hydrogen) atoms. The van der Waals surface area contributed by atoms with Crippen LogP contribution in [0.1, 0.15) is 51.4 Å². The van der Waals surface area contributed by atoms with Crippen molar-refractivity contribution in [2.45, 2.75) is 57.3 Å². The molecule has 94 valence electrons. The number of alkyl halides is 2. The van der Waals surface area contributed by atoms with Crippen LogP contribution in [0, 0.1) is 11.8 Å². The summed E-state index contributed by atoms with van der Waals surface area (Å²) in [4.78, 5) is 0.